The maximum absolute atomic E-state index is 10.6. The molecule has 2 aliphatic rings. The maximum atomic E-state index is 10.6. The van der Waals surface area contributed by atoms with E-state index in [4.69, 9.17) is 14.6 Å². The predicted octanol–water partition coefficient (Wildman–Crippen LogP) is 2.03. The second kappa shape index (κ2) is 8.49. The van der Waals surface area contributed by atoms with Gasteiger partial charge in [-0.3, -0.25) is 0 Å². The van der Waals surface area contributed by atoms with Crippen molar-refractivity contribution in [2.75, 3.05) is 38.7 Å². The van der Waals surface area contributed by atoms with Crippen LogP contribution < -0.4 is 4.90 Å². The number of rotatable bonds is 2. The normalized spacial score (nSPS) is 26.1. The van der Waals surface area contributed by atoms with Crippen molar-refractivity contribution >= 4 is 22.4 Å². The van der Waals surface area contributed by atoms with Crippen LogP contribution in [0.15, 0.2) is 0 Å². The number of alkyl halides is 3. The summed E-state index contributed by atoms with van der Waals surface area (Å²) in [5, 5.41) is 17.7. The van der Waals surface area contributed by atoms with Gasteiger partial charge in [-0.2, -0.15) is 13.2 Å². The molecule has 3 atom stereocenters. The summed E-state index contributed by atoms with van der Waals surface area (Å²) in [5.74, 6) is -2.13. The van der Waals surface area contributed by atoms with Crippen LogP contribution in [0.2, 0.25) is 0 Å². The van der Waals surface area contributed by atoms with Crippen LogP contribution in [0, 0.1) is 12.8 Å². The fourth-order valence-electron chi connectivity index (χ4n) is 3.20. The van der Waals surface area contributed by atoms with Crippen molar-refractivity contribution in [3.8, 4) is 0 Å². The fourth-order valence-corrected chi connectivity index (χ4v) is 3.91. The number of aryl methyl sites for hydroxylation is 1. The predicted molar refractivity (Wildman–Crippen MR) is 90.5 cm³/mol. The van der Waals surface area contributed by atoms with E-state index in [1.807, 2.05) is 6.92 Å². The Bertz CT molecular complexity index is 611. The topological polar surface area (TPSA) is 78.8 Å². The first-order valence-electron chi connectivity index (χ1n) is 8.22. The van der Waals surface area contributed by atoms with E-state index < -0.39 is 12.1 Å². The fraction of sp³-hybridized carbons (Fsp3) is 0.800. The highest BCUT2D eigenvalue weighted by Crippen LogP contribution is 2.33. The van der Waals surface area contributed by atoms with Crippen LogP contribution in [0.4, 0.5) is 18.3 Å². The summed E-state index contributed by atoms with van der Waals surface area (Å²) in [5.41, 5.74) is 0. The average Bonchev–Trinajstić information content (AvgIpc) is 3.00. The van der Waals surface area contributed by atoms with Crippen LogP contribution in [-0.4, -0.2) is 78.3 Å². The van der Waals surface area contributed by atoms with E-state index >= 15 is 0 Å². The van der Waals surface area contributed by atoms with Gasteiger partial charge in [0.05, 0.1) is 12.1 Å². The molecule has 1 aromatic heterocycles. The molecule has 0 unspecified atom stereocenters. The van der Waals surface area contributed by atoms with Gasteiger partial charge in [0.1, 0.15) is 5.01 Å². The molecule has 0 bridgehead atoms. The lowest BCUT2D eigenvalue weighted by molar-refractivity contribution is -0.192. The number of nitrogens with zero attached hydrogens (tertiary/aromatic N) is 4. The second-order valence-corrected chi connectivity index (χ2v) is 7.74. The van der Waals surface area contributed by atoms with Crippen LogP contribution in [0.5, 0.6) is 0 Å². The lowest BCUT2D eigenvalue weighted by atomic mass is 9.85. The summed E-state index contributed by atoms with van der Waals surface area (Å²) in [6, 6.07) is 0.447. The van der Waals surface area contributed by atoms with E-state index in [-0.39, 0.29) is 0 Å². The van der Waals surface area contributed by atoms with Crippen molar-refractivity contribution in [2.45, 2.75) is 38.1 Å². The lowest BCUT2D eigenvalue weighted by Gasteiger charge is -2.47. The summed E-state index contributed by atoms with van der Waals surface area (Å²) < 4.78 is 37.8. The van der Waals surface area contributed by atoms with Crippen LogP contribution >= 0.6 is 11.3 Å². The van der Waals surface area contributed by atoms with Gasteiger partial charge in [0.15, 0.2) is 0 Å². The van der Waals surface area contributed by atoms with Gasteiger partial charge in [-0.25, -0.2) is 4.79 Å². The number of carbonyl (C=O) groups is 1. The van der Waals surface area contributed by atoms with Gasteiger partial charge in [0.25, 0.3) is 0 Å². The number of carboxylic acids is 1. The smallest absolute Gasteiger partial charge is 0.475 e. The molecular weight excluding hydrogens is 373 g/mol. The molecule has 148 valence electrons. The van der Waals surface area contributed by atoms with Crippen molar-refractivity contribution in [1.29, 1.82) is 0 Å². The van der Waals surface area contributed by atoms with Gasteiger partial charge >= 0.3 is 12.1 Å². The quantitative estimate of drug-likeness (QED) is 0.819. The Morgan fingerprint density at radius 1 is 1.35 bits per heavy atom. The largest absolute Gasteiger partial charge is 0.490 e. The SMILES string of the molecule is Cc1nnc(N2C[C@@H]3CCCO[C@@H]3[C@H](N(C)C)C2)s1.O=C(O)C(F)(F)F. The first-order chi connectivity index (χ1) is 12.1. The number of halogens is 3. The van der Waals surface area contributed by atoms with Gasteiger partial charge in [-0.05, 0) is 33.9 Å². The Kier molecular flexibility index (Phi) is 6.80. The van der Waals surface area contributed by atoms with Gasteiger partial charge in [0, 0.05) is 25.6 Å². The number of carboxylic acid groups (broad SMARTS) is 1. The van der Waals surface area contributed by atoms with Crippen molar-refractivity contribution in [2.24, 2.45) is 5.92 Å². The third-order valence-corrected chi connectivity index (χ3v) is 5.33. The molecule has 2 aliphatic heterocycles. The average molecular weight is 396 g/mol. The lowest BCUT2D eigenvalue weighted by Crippen LogP contribution is -2.59. The number of aliphatic carboxylic acids is 1. The van der Waals surface area contributed by atoms with Gasteiger partial charge < -0.3 is 19.6 Å². The zero-order valence-electron chi connectivity index (χ0n) is 14.9. The van der Waals surface area contributed by atoms with E-state index in [9.17, 15) is 13.2 Å². The molecule has 26 heavy (non-hydrogen) atoms. The minimum Gasteiger partial charge on any atom is -0.475 e. The minimum absolute atomic E-state index is 0.383. The van der Waals surface area contributed by atoms with Crippen LogP contribution in [-0.2, 0) is 9.53 Å². The molecule has 1 N–H and O–H groups in total. The molecule has 3 rings (SSSR count). The highest BCUT2D eigenvalue weighted by Gasteiger charge is 2.41. The molecule has 0 spiro atoms. The number of fused-ring (bicyclic) bond motifs is 1. The molecule has 11 heteroatoms. The summed E-state index contributed by atoms with van der Waals surface area (Å²) in [6.45, 7) is 4.98. The number of aromatic nitrogens is 2. The maximum Gasteiger partial charge on any atom is 0.490 e. The van der Waals surface area contributed by atoms with Crippen molar-refractivity contribution in [3.63, 3.8) is 0 Å². The summed E-state index contributed by atoms with van der Waals surface area (Å²) in [6.07, 6.45) is -2.25. The van der Waals surface area contributed by atoms with Gasteiger partial charge in [-0.1, -0.05) is 11.3 Å². The number of likely N-dealkylation sites (N-methyl/N-ethyl adjacent to an activating group) is 1. The van der Waals surface area contributed by atoms with E-state index in [2.05, 4.69) is 34.1 Å². The Morgan fingerprint density at radius 2 is 2.00 bits per heavy atom. The molecule has 1 aromatic rings. The monoisotopic (exact) mass is 396 g/mol. The number of hydrogen-bond acceptors (Lipinski definition) is 7. The first kappa shape index (κ1) is 20.8. The van der Waals surface area contributed by atoms with Gasteiger partial charge in [-0.15, -0.1) is 10.2 Å². The summed E-state index contributed by atoms with van der Waals surface area (Å²) in [7, 11) is 4.29. The molecule has 0 amide bonds. The zero-order chi connectivity index (χ0) is 19.5. The van der Waals surface area contributed by atoms with E-state index in [0.717, 1.165) is 29.8 Å². The Morgan fingerprint density at radius 3 is 2.50 bits per heavy atom. The molecule has 0 aliphatic carbocycles. The number of piperidine rings is 1. The van der Waals surface area contributed by atoms with Gasteiger partial charge in [0.2, 0.25) is 5.13 Å². The molecule has 0 radical (unpaired) electrons. The number of anilines is 1. The Labute approximate surface area is 153 Å². The minimum atomic E-state index is -5.08. The summed E-state index contributed by atoms with van der Waals surface area (Å²) in [4.78, 5) is 13.6. The molecule has 2 fully saturated rings. The third-order valence-electron chi connectivity index (χ3n) is 4.43. The van der Waals surface area contributed by atoms with Crippen molar-refractivity contribution in [1.82, 2.24) is 15.1 Å². The highest BCUT2D eigenvalue weighted by molar-refractivity contribution is 7.15. The van der Waals surface area contributed by atoms with Crippen LogP contribution in [0.1, 0.15) is 17.8 Å². The number of hydrogen-bond donors (Lipinski definition) is 1. The highest BCUT2D eigenvalue weighted by atomic mass is 32.1. The molecule has 7 nitrogen and oxygen atoms in total. The van der Waals surface area contributed by atoms with Crippen molar-refractivity contribution < 1.29 is 27.8 Å². The van der Waals surface area contributed by atoms with E-state index in [0.29, 0.717) is 18.1 Å². The first-order valence-corrected chi connectivity index (χ1v) is 9.04. The molecular formula is C15H23F3N4O3S. The third kappa shape index (κ3) is 5.27. The Balaban J connectivity index is 0.000000298. The zero-order valence-corrected chi connectivity index (χ0v) is 15.7. The van der Waals surface area contributed by atoms with Crippen molar-refractivity contribution in [3.05, 3.63) is 5.01 Å². The second-order valence-electron chi connectivity index (χ2n) is 6.58. The molecule has 3 heterocycles. The van der Waals surface area contributed by atoms with E-state index in [1.54, 1.807) is 11.3 Å². The summed E-state index contributed by atoms with van der Waals surface area (Å²) >= 11 is 1.69. The number of ether oxygens (including phenoxy) is 1. The molecule has 0 saturated carbocycles. The van der Waals surface area contributed by atoms with E-state index in [1.165, 1.54) is 12.8 Å². The molecule has 2 saturated heterocycles. The van der Waals surface area contributed by atoms with Crippen LogP contribution in [0.3, 0.4) is 0 Å². The standard InChI is InChI=1S/C13H22N4OS.C2HF3O2/c1-9-14-15-13(19-9)17-7-10-5-4-6-18-12(10)11(8-17)16(2)3;3-2(4,5)1(6)7/h10-12H,4-8H2,1-3H3;(H,6,7)/t10-,11+,12-;/m0./s1. The Hall–Kier alpha value is -1.46. The van der Waals surface area contributed by atoms with Crippen LogP contribution in [0.25, 0.3) is 0 Å². The molecule has 0 aromatic carbocycles.